The highest BCUT2D eigenvalue weighted by Crippen LogP contribution is 2.24. The van der Waals surface area contributed by atoms with E-state index in [1.165, 1.54) is 39.9 Å². The van der Waals surface area contributed by atoms with Gasteiger partial charge in [-0.25, -0.2) is 13.8 Å². The molecular weight excluding hydrogens is 428 g/mol. The second-order valence-corrected chi connectivity index (χ2v) is 9.51. The van der Waals surface area contributed by atoms with Crippen LogP contribution in [-0.4, -0.2) is 56.6 Å². The molecule has 2 aromatic rings. The molecule has 0 spiro atoms. The number of carbonyl (C=O) groups excluding carboxylic acids is 2. The number of thiophene rings is 1. The van der Waals surface area contributed by atoms with Crippen LogP contribution in [-0.2, 0) is 14.8 Å². The fourth-order valence-electron chi connectivity index (χ4n) is 2.70. The van der Waals surface area contributed by atoms with Gasteiger partial charge in [-0.05, 0) is 49.6 Å². The van der Waals surface area contributed by atoms with Gasteiger partial charge in [-0.2, -0.15) is 9.41 Å². The van der Waals surface area contributed by atoms with E-state index in [1.54, 1.807) is 25.3 Å². The molecule has 1 aliphatic heterocycles. The van der Waals surface area contributed by atoms with Crippen molar-refractivity contribution < 1.29 is 22.7 Å². The standard InChI is InChI=1S/C19H22N4O5S2/c1-13(2)21-22-18(25)16-7-12-29-19(16)20-17(24)14-3-5-15(6-4-14)30(26,27)23-8-10-28-11-9-23/h3-7,12H,8-11H2,1-2H3,(H,20,24)(H,22,25). The van der Waals surface area contributed by atoms with E-state index in [9.17, 15) is 18.0 Å². The van der Waals surface area contributed by atoms with Gasteiger partial charge in [-0.3, -0.25) is 9.59 Å². The van der Waals surface area contributed by atoms with Gasteiger partial charge in [-0.15, -0.1) is 11.3 Å². The van der Waals surface area contributed by atoms with Gasteiger partial charge in [0.2, 0.25) is 10.0 Å². The zero-order valence-electron chi connectivity index (χ0n) is 16.5. The second kappa shape index (κ2) is 9.47. The van der Waals surface area contributed by atoms with Crippen LogP contribution >= 0.6 is 11.3 Å². The van der Waals surface area contributed by atoms with Crippen molar-refractivity contribution in [1.29, 1.82) is 0 Å². The highest BCUT2D eigenvalue weighted by Gasteiger charge is 2.26. The van der Waals surface area contributed by atoms with Crippen LogP contribution in [0.4, 0.5) is 5.00 Å². The smallest absolute Gasteiger partial charge is 0.274 e. The minimum atomic E-state index is -3.63. The first-order chi connectivity index (χ1) is 14.3. The van der Waals surface area contributed by atoms with Crippen molar-refractivity contribution in [3.8, 4) is 0 Å². The molecule has 1 aromatic carbocycles. The Morgan fingerprint density at radius 1 is 1.07 bits per heavy atom. The maximum atomic E-state index is 12.7. The van der Waals surface area contributed by atoms with E-state index in [1.807, 2.05) is 0 Å². The lowest BCUT2D eigenvalue weighted by atomic mass is 10.2. The third-order valence-corrected chi connectivity index (χ3v) is 6.99. The number of hydrazone groups is 1. The number of hydrogen-bond donors (Lipinski definition) is 2. The number of nitrogens with one attached hydrogen (secondary N) is 2. The van der Waals surface area contributed by atoms with E-state index < -0.39 is 21.8 Å². The Balaban J connectivity index is 1.71. The number of amides is 2. The molecule has 30 heavy (non-hydrogen) atoms. The Bertz CT molecular complexity index is 1050. The van der Waals surface area contributed by atoms with Crippen LogP contribution in [0.1, 0.15) is 34.6 Å². The van der Waals surface area contributed by atoms with E-state index in [4.69, 9.17) is 4.74 Å². The molecule has 9 nitrogen and oxygen atoms in total. The molecule has 0 bridgehead atoms. The van der Waals surface area contributed by atoms with Crippen LogP contribution < -0.4 is 10.7 Å². The summed E-state index contributed by atoms with van der Waals surface area (Å²) in [6.45, 7) is 4.82. The normalized spacial score (nSPS) is 14.7. The van der Waals surface area contributed by atoms with Gasteiger partial charge in [0, 0.05) is 24.4 Å². The van der Waals surface area contributed by atoms with Crippen molar-refractivity contribution in [2.75, 3.05) is 31.6 Å². The Morgan fingerprint density at radius 2 is 1.73 bits per heavy atom. The highest BCUT2D eigenvalue weighted by molar-refractivity contribution is 7.89. The highest BCUT2D eigenvalue weighted by atomic mass is 32.2. The van der Waals surface area contributed by atoms with Crippen LogP contribution in [0.5, 0.6) is 0 Å². The molecule has 1 aromatic heterocycles. The second-order valence-electron chi connectivity index (χ2n) is 6.66. The molecule has 1 fully saturated rings. The predicted molar refractivity (Wildman–Crippen MR) is 115 cm³/mol. The summed E-state index contributed by atoms with van der Waals surface area (Å²) in [5, 5.41) is 8.63. The van der Waals surface area contributed by atoms with E-state index >= 15 is 0 Å². The van der Waals surface area contributed by atoms with Crippen LogP contribution in [0.3, 0.4) is 0 Å². The van der Waals surface area contributed by atoms with E-state index in [-0.39, 0.29) is 10.5 Å². The van der Waals surface area contributed by atoms with Crippen LogP contribution in [0.2, 0.25) is 0 Å². The Hall–Kier alpha value is -2.60. The summed E-state index contributed by atoms with van der Waals surface area (Å²) in [6, 6.07) is 7.29. The Labute approximate surface area is 178 Å². The number of morpholine rings is 1. The molecule has 1 saturated heterocycles. The van der Waals surface area contributed by atoms with Crippen molar-refractivity contribution in [1.82, 2.24) is 9.73 Å². The molecule has 0 aliphatic carbocycles. The average molecular weight is 451 g/mol. The maximum Gasteiger partial charge on any atom is 0.274 e. The van der Waals surface area contributed by atoms with Crippen LogP contribution in [0.15, 0.2) is 45.7 Å². The molecule has 0 unspecified atom stereocenters. The van der Waals surface area contributed by atoms with Crippen LogP contribution in [0, 0.1) is 0 Å². The molecule has 2 N–H and O–H groups in total. The summed E-state index contributed by atoms with van der Waals surface area (Å²) < 4.78 is 31.9. The maximum absolute atomic E-state index is 12.7. The number of carbonyl (C=O) groups is 2. The minimum absolute atomic E-state index is 0.116. The first-order valence-electron chi connectivity index (χ1n) is 9.17. The average Bonchev–Trinajstić information content (AvgIpc) is 3.21. The van der Waals surface area contributed by atoms with Gasteiger partial charge in [-0.1, -0.05) is 0 Å². The number of sulfonamides is 1. The Kier molecular flexibility index (Phi) is 6.98. The molecule has 0 saturated carbocycles. The SMILES string of the molecule is CC(C)=NNC(=O)c1ccsc1NC(=O)c1ccc(S(=O)(=O)N2CCOCC2)cc1. The summed E-state index contributed by atoms with van der Waals surface area (Å²) in [4.78, 5) is 24.9. The molecule has 11 heteroatoms. The van der Waals surface area contributed by atoms with Gasteiger partial charge < -0.3 is 10.1 Å². The van der Waals surface area contributed by atoms with Crippen LogP contribution in [0.25, 0.3) is 0 Å². The summed E-state index contributed by atoms with van der Waals surface area (Å²) in [7, 11) is -3.63. The largest absolute Gasteiger partial charge is 0.379 e. The number of rotatable bonds is 6. The fourth-order valence-corrected chi connectivity index (χ4v) is 4.88. The van der Waals surface area contributed by atoms with E-state index in [0.717, 1.165) is 0 Å². The van der Waals surface area contributed by atoms with Crippen molar-refractivity contribution in [2.24, 2.45) is 5.10 Å². The van der Waals surface area contributed by atoms with Gasteiger partial charge in [0.05, 0.1) is 23.7 Å². The number of anilines is 1. The van der Waals surface area contributed by atoms with E-state index in [0.29, 0.717) is 42.6 Å². The summed E-state index contributed by atoms with van der Waals surface area (Å²) in [6.07, 6.45) is 0. The minimum Gasteiger partial charge on any atom is -0.379 e. The molecule has 2 heterocycles. The van der Waals surface area contributed by atoms with E-state index in [2.05, 4.69) is 15.8 Å². The Morgan fingerprint density at radius 3 is 2.37 bits per heavy atom. The van der Waals surface area contributed by atoms with Gasteiger partial charge in [0.1, 0.15) is 5.00 Å². The predicted octanol–water partition coefficient (Wildman–Crippen LogP) is 2.15. The van der Waals surface area contributed by atoms with Gasteiger partial charge in [0.15, 0.2) is 0 Å². The topological polar surface area (TPSA) is 117 Å². The molecule has 0 radical (unpaired) electrons. The molecule has 160 valence electrons. The number of nitrogens with zero attached hydrogens (tertiary/aromatic N) is 2. The molecule has 1 aliphatic rings. The lowest BCUT2D eigenvalue weighted by molar-refractivity contribution is 0.0730. The third-order valence-electron chi connectivity index (χ3n) is 4.24. The fraction of sp³-hybridized carbons (Fsp3) is 0.316. The quantitative estimate of drug-likeness (QED) is 0.517. The van der Waals surface area contributed by atoms with Crippen molar-refractivity contribution in [2.45, 2.75) is 18.7 Å². The van der Waals surface area contributed by atoms with Gasteiger partial charge in [0.25, 0.3) is 11.8 Å². The number of benzene rings is 1. The first kappa shape index (κ1) is 22.1. The molecule has 2 amide bonds. The molecule has 0 atom stereocenters. The zero-order valence-corrected chi connectivity index (χ0v) is 18.2. The molecular formula is C19H22N4O5S2. The first-order valence-corrected chi connectivity index (χ1v) is 11.5. The lowest BCUT2D eigenvalue weighted by Crippen LogP contribution is -2.40. The van der Waals surface area contributed by atoms with Crippen molar-refractivity contribution in [3.63, 3.8) is 0 Å². The van der Waals surface area contributed by atoms with Gasteiger partial charge >= 0.3 is 0 Å². The summed E-state index contributed by atoms with van der Waals surface area (Å²) in [5.74, 6) is -0.878. The summed E-state index contributed by atoms with van der Waals surface area (Å²) in [5.41, 5.74) is 3.68. The third kappa shape index (κ3) is 5.11. The molecule has 3 rings (SSSR count). The summed E-state index contributed by atoms with van der Waals surface area (Å²) >= 11 is 1.21. The number of ether oxygens (including phenoxy) is 1. The lowest BCUT2D eigenvalue weighted by Gasteiger charge is -2.26. The number of hydrogen-bond acceptors (Lipinski definition) is 7. The zero-order chi connectivity index (χ0) is 21.7. The van der Waals surface area contributed by atoms with Crippen molar-refractivity contribution in [3.05, 3.63) is 46.8 Å². The monoisotopic (exact) mass is 450 g/mol. The van der Waals surface area contributed by atoms with Crippen molar-refractivity contribution >= 4 is 43.9 Å².